The van der Waals surface area contributed by atoms with E-state index in [-0.39, 0.29) is 0 Å². The van der Waals surface area contributed by atoms with Gasteiger partial charge in [0, 0.05) is 0 Å². The molecule has 0 radical (unpaired) electrons. The SMILES string of the molecule is C=CC(NN)C(F)(F)Cl. The molecule has 0 aliphatic carbocycles. The number of alkyl halides is 3. The van der Waals surface area contributed by atoms with Crippen LogP contribution in [0, 0.1) is 0 Å². The highest BCUT2D eigenvalue weighted by Gasteiger charge is 2.33. The van der Waals surface area contributed by atoms with E-state index >= 15 is 0 Å². The molecule has 0 spiro atoms. The van der Waals surface area contributed by atoms with Crippen LogP contribution in [0.5, 0.6) is 0 Å². The van der Waals surface area contributed by atoms with Crippen LogP contribution in [0.3, 0.4) is 0 Å². The molecule has 0 aromatic heterocycles. The second-order valence-corrected chi connectivity index (χ2v) is 1.93. The Morgan fingerprint density at radius 1 is 1.78 bits per heavy atom. The van der Waals surface area contributed by atoms with E-state index in [1.807, 2.05) is 0 Å². The molecular weight excluding hydrogens is 150 g/mol. The molecule has 3 N–H and O–H groups in total. The molecule has 0 aromatic rings. The number of rotatable bonds is 3. The highest BCUT2D eigenvalue weighted by molar-refractivity contribution is 6.22. The number of nitrogens with two attached hydrogens (primary N) is 1. The molecule has 0 bridgehead atoms. The fourth-order valence-corrected chi connectivity index (χ4v) is 0.448. The Morgan fingerprint density at radius 3 is 2.22 bits per heavy atom. The van der Waals surface area contributed by atoms with Gasteiger partial charge in [0.1, 0.15) is 6.04 Å². The van der Waals surface area contributed by atoms with Crippen LogP contribution in [-0.2, 0) is 0 Å². The molecule has 0 fully saturated rings. The lowest BCUT2D eigenvalue weighted by molar-refractivity contribution is 0.0684. The monoisotopic (exact) mass is 156 g/mol. The van der Waals surface area contributed by atoms with Crippen molar-refractivity contribution < 1.29 is 8.78 Å². The first kappa shape index (κ1) is 8.81. The summed E-state index contributed by atoms with van der Waals surface area (Å²) in [5.41, 5.74) is 1.79. The first-order valence-corrected chi connectivity index (χ1v) is 2.55. The molecule has 0 saturated heterocycles. The number of halogens is 3. The van der Waals surface area contributed by atoms with Gasteiger partial charge in [-0.1, -0.05) is 6.08 Å². The van der Waals surface area contributed by atoms with Crippen LogP contribution < -0.4 is 11.3 Å². The van der Waals surface area contributed by atoms with Gasteiger partial charge in [0.2, 0.25) is 0 Å². The van der Waals surface area contributed by atoms with E-state index in [2.05, 4.69) is 24.0 Å². The summed E-state index contributed by atoms with van der Waals surface area (Å²) in [5.74, 6) is 4.68. The Kier molecular flexibility index (Phi) is 3.03. The van der Waals surface area contributed by atoms with Gasteiger partial charge in [0.05, 0.1) is 0 Å². The van der Waals surface area contributed by atoms with E-state index in [1.54, 1.807) is 5.43 Å². The van der Waals surface area contributed by atoms with E-state index in [0.717, 1.165) is 6.08 Å². The van der Waals surface area contributed by atoms with E-state index in [9.17, 15) is 8.78 Å². The van der Waals surface area contributed by atoms with E-state index in [4.69, 9.17) is 0 Å². The van der Waals surface area contributed by atoms with Gasteiger partial charge in [-0.25, -0.2) is 5.43 Å². The van der Waals surface area contributed by atoms with Gasteiger partial charge in [-0.05, 0) is 11.6 Å². The minimum atomic E-state index is -3.36. The summed E-state index contributed by atoms with van der Waals surface area (Å²) >= 11 is 4.55. The summed E-state index contributed by atoms with van der Waals surface area (Å²) in [4.78, 5) is 0. The van der Waals surface area contributed by atoms with Crippen molar-refractivity contribution in [2.75, 3.05) is 0 Å². The second-order valence-electron chi connectivity index (χ2n) is 1.42. The second kappa shape index (κ2) is 3.10. The lowest BCUT2D eigenvalue weighted by atomic mass is 10.3. The van der Waals surface area contributed by atoms with Crippen molar-refractivity contribution >= 4 is 11.6 Å². The highest BCUT2D eigenvalue weighted by Crippen LogP contribution is 2.23. The maximum Gasteiger partial charge on any atom is 0.341 e. The predicted octanol–water partition coefficient (Wildman–Crippen LogP) is 0.836. The van der Waals surface area contributed by atoms with Crippen LogP contribution in [0.4, 0.5) is 8.78 Å². The molecule has 54 valence electrons. The summed E-state index contributed by atoms with van der Waals surface area (Å²) in [6, 6.07) is -1.38. The third-order valence-corrected chi connectivity index (χ3v) is 1.00. The van der Waals surface area contributed by atoms with Crippen molar-refractivity contribution in [1.29, 1.82) is 0 Å². The van der Waals surface area contributed by atoms with Gasteiger partial charge < -0.3 is 0 Å². The normalized spacial score (nSPS) is 15.1. The molecule has 5 heteroatoms. The average Bonchev–Trinajstić information content (AvgIpc) is 1.65. The van der Waals surface area contributed by atoms with Crippen LogP contribution >= 0.6 is 11.6 Å². The van der Waals surface area contributed by atoms with Crippen LogP contribution in [0.1, 0.15) is 0 Å². The Bertz CT molecular complexity index is 101. The number of hydrogen-bond acceptors (Lipinski definition) is 2. The molecule has 0 aliphatic rings. The van der Waals surface area contributed by atoms with Crippen molar-refractivity contribution in [3.63, 3.8) is 0 Å². The first-order chi connectivity index (χ1) is 4.02. The topological polar surface area (TPSA) is 38.0 Å². The molecular formula is C4H7ClF2N2. The zero-order chi connectivity index (χ0) is 7.49. The van der Waals surface area contributed by atoms with Crippen LogP contribution in [0.25, 0.3) is 0 Å². The molecule has 1 unspecified atom stereocenters. The van der Waals surface area contributed by atoms with E-state index < -0.39 is 11.4 Å². The van der Waals surface area contributed by atoms with Gasteiger partial charge in [0.25, 0.3) is 0 Å². The van der Waals surface area contributed by atoms with E-state index in [1.165, 1.54) is 0 Å². The van der Waals surface area contributed by atoms with Gasteiger partial charge in [-0.15, -0.1) is 6.58 Å². The average molecular weight is 157 g/mol. The molecule has 0 aromatic carbocycles. The molecule has 0 amide bonds. The van der Waals surface area contributed by atoms with Crippen molar-refractivity contribution in [2.45, 2.75) is 11.4 Å². The number of nitrogens with one attached hydrogen (secondary N) is 1. The van der Waals surface area contributed by atoms with Crippen molar-refractivity contribution in [3.8, 4) is 0 Å². The first-order valence-electron chi connectivity index (χ1n) is 2.17. The Morgan fingerprint density at radius 2 is 2.22 bits per heavy atom. The minimum absolute atomic E-state index is 0.938. The minimum Gasteiger partial charge on any atom is -0.271 e. The summed E-state index contributed by atoms with van der Waals surface area (Å²) in [7, 11) is 0. The maximum absolute atomic E-state index is 11.9. The van der Waals surface area contributed by atoms with Crippen molar-refractivity contribution in [1.82, 2.24) is 5.43 Å². The Hall–Kier alpha value is -0.190. The summed E-state index contributed by atoms with van der Waals surface area (Å²) in [5, 5.41) is -3.36. The number of hydrogen-bond donors (Lipinski definition) is 2. The zero-order valence-corrected chi connectivity index (χ0v) is 5.33. The van der Waals surface area contributed by atoms with Crippen LogP contribution in [0.15, 0.2) is 12.7 Å². The molecule has 9 heavy (non-hydrogen) atoms. The van der Waals surface area contributed by atoms with Gasteiger partial charge >= 0.3 is 5.38 Å². The standard InChI is InChI=1S/C4H7ClF2N2/c1-2-3(9-8)4(5,6)7/h2-3,9H,1,8H2. The molecule has 0 saturated carbocycles. The van der Waals surface area contributed by atoms with Crippen LogP contribution in [0.2, 0.25) is 0 Å². The summed E-state index contributed by atoms with van der Waals surface area (Å²) in [6.07, 6.45) is 0.938. The lowest BCUT2D eigenvalue weighted by Gasteiger charge is -2.15. The van der Waals surface area contributed by atoms with Crippen LogP contribution in [-0.4, -0.2) is 11.4 Å². The highest BCUT2D eigenvalue weighted by atomic mass is 35.5. The number of hydrazine groups is 1. The van der Waals surface area contributed by atoms with Gasteiger partial charge in [-0.2, -0.15) is 8.78 Å². The lowest BCUT2D eigenvalue weighted by Crippen LogP contribution is -2.43. The fraction of sp³-hybridized carbons (Fsp3) is 0.500. The fourth-order valence-electron chi connectivity index (χ4n) is 0.296. The summed E-state index contributed by atoms with van der Waals surface area (Å²) in [6.45, 7) is 3.09. The van der Waals surface area contributed by atoms with Gasteiger partial charge in [-0.3, -0.25) is 5.84 Å². The molecule has 2 nitrogen and oxygen atoms in total. The molecule has 0 aliphatic heterocycles. The Balaban J connectivity index is 3.94. The maximum atomic E-state index is 11.9. The third kappa shape index (κ3) is 2.74. The smallest absolute Gasteiger partial charge is 0.271 e. The molecule has 1 atom stereocenters. The quantitative estimate of drug-likeness (QED) is 0.275. The van der Waals surface area contributed by atoms with E-state index in [0.29, 0.717) is 0 Å². The largest absolute Gasteiger partial charge is 0.341 e. The van der Waals surface area contributed by atoms with Gasteiger partial charge in [0.15, 0.2) is 0 Å². The zero-order valence-electron chi connectivity index (χ0n) is 4.57. The molecule has 0 rings (SSSR count). The van der Waals surface area contributed by atoms with Crippen molar-refractivity contribution in [2.24, 2.45) is 5.84 Å². The Labute approximate surface area is 56.6 Å². The third-order valence-electron chi connectivity index (χ3n) is 0.768. The molecule has 0 heterocycles. The predicted molar refractivity (Wildman–Crippen MR) is 32.1 cm³/mol. The van der Waals surface area contributed by atoms with Crippen molar-refractivity contribution in [3.05, 3.63) is 12.7 Å². The summed E-state index contributed by atoms with van der Waals surface area (Å²) < 4.78 is 23.9.